The number of nitrogens with one attached hydrogen (secondary N) is 1. The molecular formula is C13H25N5O2S. The van der Waals surface area contributed by atoms with Crippen LogP contribution in [0.3, 0.4) is 0 Å². The van der Waals surface area contributed by atoms with Crippen LogP contribution in [-0.2, 0) is 16.4 Å². The number of imidazole rings is 1. The van der Waals surface area contributed by atoms with Crippen LogP contribution in [0.4, 0.5) is 0 Å². The van der Waals surface area contributed by atoms with E-state index in [1.165, 1.54) is 6.20 Å². The number of nitrogens with zero attached hydrogens (tertiary/aromatic N) is 3. The summed E-state index contributed by atoms with van der Waals surface area (Å²) in [6.07, 6.45) is 4.21. The highest BCUT2D eigenvalue weighted by molar-refractivity contribution is 7.89. The van der Waals surface area contributed by atoms with Gasteiger partial charge >= 0.3 is 0 Å². The quantitative estimate of drug-likeness (QED) is 0.692. The number of hydrogen-bond donors (Lipinski definition) is 2. The predicted octanol–water partition coefficient (Wildman–Crippen LogP) is 0.0173. The molecule has 0 atom stereocenters. The van der Waals surface area contributed by atoms with Gasteiger partial charge in [0.05, 0.1) is 6.20 Å². The molecule has 2 heterocycles. The zero-order valence-electron chi connectivity index (χ0n) is 12.6. The Morgan fingerprint density at radius 3 is 2.57 bits per heavy atom. The number of piperazine rings is 1. The summed E-state index contributed by atoms with van der Waals surface area (Å²) in [5.74, 6) is 0.703. The van der Waals surface area contributed by atoms with Gasteiger partial charge < -0.3 is 15.6 Å². The van der Waals surface area contributed by atoms with Crippen LogP contribution in [0.25, 0.3) is 0 Å². The first kappa shape index (κ1) is 16.4. The highest BCUT2D eigenvalue weighted by Crippen LogP contribution is 2.16. The third-order valence-corrected chi connectivity index (χ3v) is 5.63. The molecule has 0 aromatic carbocycles. The second-order valence-corrected chi connectivity index (χ2v) is 7.20. The fraction of sp³-hybridized carbons (Fsp3) is 0.769. The predicted molar refractivity (Wildman–Crippen MR) is 81.5 cm³/mol. The van der Waals surface area contributed by atoms with Crippen molar-refractivity contribution in [1.82, 2.24) is 19.2 Å². The van der Waals surface area contributed by atoms with Crippen LogP contribution in [0, 0.1) is 0 Å². The van der Waals surface area contributed by atoms with Crippen LogP contribution in [0.5, 0.6) is 0 Å². The lowest BCUT2D eigenvalue weighted by Gasteiger charge is -2.33. The summed E-state index contributed by atoms with van der Waals surface area (Å²) in [5.41, 5.74) is 5.49. The Bertz CT molecular complexity index is 535. The van der Waals surface area contributed by atoms with Crippen LogP contribution in [0.2, 0.25) is 0 Å². The number of nitrogens with two attached hydrogens (primary N) is 1. The van der Waals surface area contributed by atoms with E-state index in [1.54, 1.807) is 4.31 Å². The average molecular weight is 315 g/mol. The summed E-state index contributed by atoms with van der Waals surface area (Å²) in [4.78, 5) is 9.26. The van der Waals surface area contributed by atoms with Gasteiger partial charge in [0.1, 0.15) is 5.82 Å². The topological polar surface area (TPSA) is 95.3 Å². The number of aromatic amines is 1. The van der Waals surface area contributed by atoms with Crippen LogP contribution >= 0.6 is 0 Å². The minimum absolute atomic E-state index is 0.205. The summed E-state index contributed by atoms with van der Waals surface area (Å²) in [6, 6.07) is 0. The summed E-state index contributed by atoms with van der Waals surface area (Å²) in [6.45, 7) is 6.27. The molecule has 8 heteroatoms. The van der Waals surface area contributed by atoms with Crippen molar-refractivity contribution in [1.29, 1.82) is 0 Å². The van der Waals surface area contributed by atoms with E-state index in [-0.39, 0.29) is 5.03 Å². The molecule has 21 heavy (non-hydrogen) atoms. The third kappa shape index (κ3) is 4.03. The molecule has 0 bridgehead atoms. The van der Waals surface area contributed by atoms with Crippen molar-refractivity contribution in [3.8, 4) is 0 Å². The maximum Gasteiger partial charge on any atom is 0.260 e. The largest absolute Gasteiger partial charge is 0.332 e. The van der Waals surface area contributed by atoms with E-state index >= 15 is 0 Å². The first-order valence-corrected chi connectivity index (χ1v) is 8.98. The lowest BCUT2D eigenvalue weighted by atomic mass is 10.2. The first-order chi connectivity index (χ1) is 10.1. The number of H-pyrrole nitrogens is 1. The van der Waals surface area contributed by atoms with Gasteiger partial charge in [-0.3, -0.25) is 0 Å². The lowest BCUT2D eigenvalue weighted by molar-refractivity contribution is 0.186. The molecule has 1 saturated heterocycles. The van der Waals surface area contributed by atoms with Gasteiger partial charge in [0.15, 0.2) is 5.03 Å². The van der Waals surface area contributed by atoms with Crippen molar-refractivity contribution in [2.75, 3.05) is 39.3 Å². The normalized spacial score (nSPS) is 18.2. The Hall–Kier alpha value is -0.960. The summed E-state index contributed by atoms with van der Waals surface area (Å²) in [7, 11) is -3.43. The fourth-order valence-electron chi connectivity index (χ4n) is 2.47. The molecule has 1 aromatic rings. The Labute approximate surface area is 126 Å². The molecule has 0 radical (unpaired) electrons. The van der Waals surface area contributed by atoms with E-state index in [0.29, 0.717) is 31.9 Å². The van der Waals surface area contributed by atoms with Gasteiger partial charge in [0.25, 0.3) is 10.0 Å². The fourth-order valence-corrected chi connectivity index (χ4v) is 3.82. The molecule has 1 fully saturated rings. The molecule has 1 aromatic heterocycles. The smallest absolute Gasteiger partial charge is 0.260 e. The minimum Gasteiger partial charge on any atom is -0.332 e. The highest BCUT2D eigenvalue weighted by Gasteiger charge is 2.29. The Kier molecular flexibility index (Phi) is 5.74. The number of aryl methyl sites for hydroxylation is 1. The zero-order valence-corrected chi connectivity index (χ0v) is 13.4. The first-order valence-electron chi connectivity index (χ1n) is 7.54. The van der Waals surface area contributed by atoms with Crippen molar-refractivity contribution in [3.05, 3.63) is 12.0 Å². The maximum absolute atomic E-state index is 12.5. The molecule has 0 aliphatic carbocycles. The molecule has 0 spiro atoms. The van der Waals surface area contributed by atoms with Crippen molar-refractivity contribution in [3.63, 3.8) is 0 Å². The Morgan fingerprint density at radius 2 is 2.00 bits per heavy atom. The van der Waals surface area contributed by atoms with Crippen LogP contribution in [0.15, 0.2) is 11.2 Å². The molecule has 3 N–H and O–H groups in total. The van der Waals surface area contributed by atoms with Crippen LogP contribution in [-0.4, -0.2) is 66.9 Å². The molecule has 1 aliphatic rings. The zero-order chi connectivity index (χ0) is 15.3. The van der Waals surface area contributed by atoms with E-state index < -0.39 is 10.0 Å². The molecule has 2 rings (SSSR count). The van der Waals surface area contributed by atoms with E-state index in [4.69, 9.17) is 5.73 Å². The van der Waals surface area contributed by atoms with Gasteiger partial charge in [0.2, 0.25) is 0 Å². The maximum atomic E-state index is 12.5. The third-order valence-electron chi connectivity index (χ3n) is 3.82. The second kappa shape index (κ2) is 7.35. The lowest BCUT2D eigenvalue weighted by Crippen LogP contribution is -2.48. The van der Waals surface area contributed by atoms with Gasteiger partial charge in [-0.25, -0.2) is 13.4 Å². The second-order valence-electron chi connectivity index (χ2n) is 5.29. The summed E-state index contributed by atoms with van der Waals surface area (Å²) >= 11 is 0. The van der Waals surface area contributed by atoms with Gasteiger partial charge in [-0.1, -0.05) is 6.92 Å². The number of unbranched alkanes of at least 4 members (excludes halogenated alkanes) is 1. The van der Waals surface area contributed by atoms with Gasteiger partial charge in [0, 0.05) is 32.6 Å². The van der Waals surface area contributed by atoms with E-state index in [9.17, 15) is 8.42 Å². The van der Waals surface area contributed by atoms with Crippen LogP contribution in [0.1, 0.15) is 25.6 Å². The number of hydrogen-bond acceptors (Lipinski definition) is 5. The molecule has 7 nitrogen and oxygen atoms in total. The van der Waals surface area contributed by atoms with E-state index in [2.05, 4.69) is 14.9 Å². The highest BCUT2D eigenvalue weighted by atomic mass is 32.2. The molecule has 0 unspecified atom stereocenters. The van der Waals surface area contributed by atoms with Gasteiger partial charge in [-0.15, -0.1) is 0 Å². The van der Waals surface area contributed by atoms with E-state index in [1.807, 2.05) is 6.92 Å². The van der Waals surface area contributed by atoms with Gasteiger partial charge in [-0.05, 0) is 25.9 Å². The Morgan fingerprint density at radius 1 is 1.29 bits per heavy atom. The number of sulfonamides is 1. The van der Waals surface area contributed by atoms with Gasteiger partial charge in [-0.2, -0.15) is 4.31 Å². The number of rotatable bonds is 7. The molecule has 1 aliphatic heterocycles. The monoisotopic (exact) mass is 315 g/mol. The van der Waals surface area contributed by atoms with E-state index in [0.717, 1.165) is 32.5 Å². The Balaban J connectivity index is 1.91. The standard InChI is InChI=1S/C13H25N5O2S/c1-2-12-15-11-13(16-12)21(19,20)18-9-7-17(8-10-18)6-4-3-5-14/h11H,2-10,14H2,1H3,(H,15,16). The SMILES string of the molecule is CCc1ncc(S(=O)(=O)N2CCN(CCCCN)CC2)[nH]1. The van der Waals surface area contributed by atoms with Crippen molar-refractivity contribution < 1.29 is 8.42 Å². The van der Waals surface area contributed by atoms with Crippen molar-refractivity contribution >= 4 is 10.0 Å². The number of aromatic nitrogens is 2. The summed E-state index contributed by atoms with van der Waals surface area (Å²) < 4.78 is 26.5. The minimum atomic E-state index is -3.43. The molecular weight excluding hydrogens is 290 g/mol. The molecule has 0 saturated carbocycles. The molecule has 0 amide bonds. The summed E-state index contributed by atoms with van der Waals surface area (Å²) in [5, 5.41) is 0.205. The van der Waals surface area contributed by atoms with Crippen LogP contribution < -0.4 is 5.73 Å². The van der Waals surface area contributed by atoms with Crippen molar-refractivity contribution in [2.24, 2.45) is 5.73 Å². The van der Waals surface area contributed by atoms with Crippen molar-refractivity contribution in [2.45, 2.75) is 31.2 Å². The molecule has 120 valence electrons. The average Bonchev–Trinajstić information content (AvgIpc) is 2.98.